The molecule has 0 radical (unpaired) electrons. The van der Waals surface area contributed by atoms with Gasteiger partial charge >= 0.3 is 0 Å². The Balaban J connectivity index is 1.68. The fourth-order valence-corrected chi connectivity index (χ4v) is 5.09. The number of sulfonamides is 1. The van der Waals surface area contributed by atoms with Gasteiger partial charge in [-0.15, -0.1) is 0 Å². The Morgan fingerprint density at radius 2 is 1.97 bits per heavy atom. The fraction of sp³-hybridized carbons (Fsp3) is 0.619. The average molecular weight is 421 g/mol. The molecule has 8 heteroatoms. The molecule has 2 N–H and O–H groups in total. The summed E-state index contributed by atoms with van der Waals surface area (Å²) in [5.41, 5.74) is 0.523. The molecule has 1 aromatic carbocycles. The monoisotopic (exact) mass is 420 g/mol. The van der Waals surface area contributed by atoms with E-state index in [9.17, 15) is 13.2 Å². The van der Waals surface area contributed by atoms with Gasteiger partial charge in [-0.05, 0) is 43.9 Å². The summed E-state index contributed by atoms with van der Waals surface area (Å²) in [6, 6.07) is 6.23. The highest BCUT2D eigenvalue weighted by Gasteiger charge is 2.33. The minimum atomic E-state index is -3.61. The van der Waals surface area contributed by atoms with Crippen molar-refractivity contribution in [2.75, 3.05) is 19.6 Å². The second-order valence-corrected chi connectivity index (χ2v) is 9.90. The number of unbranched alkanes of at least 4 members (excludes halogenated alkanes) is 1. The molecule has 29 heavy (non-hydrogen) atoms. The van der Waals surface area contributed by atoms with Crippen molar-refractivity contribution in [2.24, 2.45) is 10.9 Å². The van der Waals surface area contributed by atoms with Crippen LogP contribution in [0.25, 0.3) is 0 Å². The topological polar surface area (TPSA) is 90.9 Å². The quantitative estimate of drug-likeness (QED) is 0.707. The molecule has 1 saturated heterocycles. The highest BCUT2D eigenvalue weighted by atomic mass is 32.2. The van der Waals surface area contributed by atoms with Gasteiger partial charge in [-0.1, -0.05) is 39.3 Å². The summed E-state index contributed by atoms with van der Waals surface area (Å²) in [5.74, 6) is 0.0660. The molecule has 2 heterocycles. The van der Waals surface area contributed by atoms with Crippen LogP contribution in [0.3, 0.4) is 0 Å². The Kier molecular flexibility index (Phi) is 6.95. The molecule has 0 bridgehead atoms. The van der Waals surface area contributed by atoms with Crippen molar-refractivity contribution < 1.29 is 13.2 Å². The predicted molar refractivity (Wildman–Crippen MR) is 114 cm³/mol. The van der Waals surface area contributed by atoms with Crippen LogP contribution < -0.4 is 10.0 Å². The molecule has 0 saturated carbocycles. The van der Waals surface area contributed by atoms with Gasteiger partial charge in [-0.2, -0.15) is 0 Å². The number of carbonyl (C=O) groups is 1. The summed E-state index contributed by atoms with van der Waals surface area (Å²) in [6.07, 6.45) is 4.28. The highest BCUT2D eigenvalue weighted by Crippen LogP contribution is 2.23. The molecule has 0 unspecified atom stereocenters. The molecule has 1 fully saturated rings. The second kappa shape index (κ2) is 9.26. The number of nitrogens with zero attached hydrogens (tertiary/aromatic N) is 2. The number of benzene rings is 1. The number of fused-ring (bicyclic) bond motifs is 1. The lowest BCUT2D eigenvalue weighted by Gasteiger charge is -2.33. The summed E-state index contributed by atoms with van der Waals surface area (Å²) in [4.78, 5) is 20.2. The lowest BCUT2D eigenvalue weighted by Crippen LogP contribution is -2.48. The van der Waals surface area contributed by atoms with Crippen LogP contribution in [0.1, 0.15) is 52.0 Å². The largest absolute Gasteiger partial charge is 0.351 e. The molecular formula is C21H32N4O3S. The zero-order valence-corrected chi connectivity index (χ0v) is 18.3. The minimum Gasteiger partial charge on any atom is -0.351 e. The van der Waals surface area contributed by atoms with Gasteiger partial charge < -0.3 is 10.2 Å². The zero-order valence-electron chi connectivity index (χ0n) is 17.5. The molecule has 1 amide bonds. The smallest absolute Gasteiger partial charge is 0.263 e. The van der Waals surface area contributed by atoms with E-state index in [1.165, 1.54) is 12.8 Å². The molecule has 0 aromatic heterocycles. The number of aliphatic imine (C=N–C) groups is 1. The van der Waals surface area contributed by atoms with Crippen molar-refractivity contribution in [2.45, 2.75) is 63.4 Å². The van der Waals surface area contributed by atoms with Crippen molar-refractivity contribution in [3.8, 4) is 0 Å². The third kappa shape index (κ3) is 5.17. The maximum Gasteiger partial charge on any atom is 0.263 e. The Morgan fingerprint density at radius 3 is 2.62 bits per heavy atom. The number of hydrogen-bond donors (Lipinski definition) is 2. The molecule has 2 aliphatic rings. The summed E-state index contributed by atoms with van der Waals surface area (Å²) in [6.45, 7) is 9.17. The van der Waals surface area contributed by atoms with E-state index in [4.69, 9.17) is 0 Å². The van der Waals surface area contributed by atoms with E-state index in [0.717, 1.165) is 32.5 Å². The van der Waals surface area contributed by atoms with Crippen molar-refractivity contribution in [1.82, 2.24) is 14.9 Å². The number of amides is 1. The number of likely N-dealkylation sites (tertiary alicyclic amines) is 1. The summed E-state index contributed by atoms with van der Waals surface area (Å²) >= 11 is 0. The van der Waals surface area contributed by atoms with Gasteiger partial charge in [0.2, 0.25) is 5.91 Å². The van der Waals surface area contributed by atoms with E-state index in [1.807, 2.05) is 13.8 Å². The lowest BCUT2D eigenvalue weighted by atomic mass is 10.0. The van der Waals surface area contributed by atoms with E-state index in [0.29, 0.717) is 5.56 Å². The minimum absolute atomic E-state index is 0.0515. The first-order valence-corrected chi connectivity index (χ1v) is 12.0. The van der Waals surface area contributed by atoms with Gasteiger partial charge in [0.1, 0.15) is 11.9 Å². The Labute approximate surface area is 174 Å². The molecule has 0 aliphatic carbocycles. The first-order valence-electron chi connectivity index (χ1n) is 10.5. The van der Waals surface area contributed by atoms with Gasteiger partial charge in [0.15, 0.2) is 0 Å². The van der Waals surface area contributed by atoms with Crippen LogP contribution >= 0.6 is 0 Å². The SMILES string of the molecule is CCCCN1CCC(NC(=O)[C@@H](N=C2NS(=O)(=O)c3ccccc32)C(C)C)CC1. The van der Waals surface area contributed by atoms with E-state index >= 15 is 0 Å². The van der Waals surface area contributed by atoms with Crippen LogP contribution in [-0.2, 0) is 14.8 Å². The maximum atomic E-state index is 13.0. The molecule has 1 aromatic rings. The number of hydrogen-bond acceptors (Lipinski definition) is 5. The van der Waals surface area contributed by atoms with Crippen molar-refractivity contribution >= 4 is 21.8 Å². The number of carbonyl (C=O) groups excluding carboxylic acids is 1. The molecule has 160 valence electrons. The van der Waals surface area contributed by atoms with Crippen LogP contribution in [0.15, 0.2) is 34.2 Å². The van der Waals surface area contributed by atoms with Crippen LogP contribution in [0.5, 0.6) is 0 Å². The summed E-state index contributed by atoms with van der Waals surface area (Å²) < 4.78 is 27.1. The first kappa shape index (κ1) is 21.8. The van der Waals surface area contributed by atoms with Crippen molar-refractivity contribution in [1.29, 1.82) is 0 Å². The Bertz CT molecular complexity index is 858. The lowest BCUT2D eigenvalue weighted by molar-refractivity contribution is -0.124. The van der Waals surface area contributed by atoms with Gasteiger partial charge in [0, 0.05) is 24.7 Å². The Hall–Kier alpha value is -1.93. The normalized spacial score (nSPS) is 21.7. The van der Waals surface area contributed by atoms with Gasteiger partial charge in [0.05, 0.1) is 4.90 Å². The van der Waals surface area contributed by atoms with Gasteiger partial charge in [0.25, 0.3) is 10.0 Å². The number of nitrogens with one attached hydrogen (secondary N) is 2. The zero-order chi connectivity index (χ0) is 21.0. The standard InChI is InChI=1S/C21H32N4O3S/c1-4-5-12-25-13-10-16(11-14-25)22-21(26)19(15(2)3)23-20-17-8-6-7-9-18(17)29(27,28)24-20/h6-9,15-16,19H,4-5,10-14H2,1-3H3,(H,22,26)(H,23,24)/t19-/m0/s1. The van der Waals surface area contributed by atoms with E-state index in [1.54, 1.807) is 24.3 Å². The first-order chi connectivity index (χ1) is 13.8. The highest BCUT2D eigenvalue weighted by molar-refractivity contribution is 7.90. The maximum absolute atomic E-state index is 13.0. The molecule has 3 rings (SSSR count). The number of amidine groups is 1. The van der Waals surface area contributed by atoms with Crippen LogP contribution in [0.2, 0.25) is 0 Å². The molecule has 0 spiro atoms. The molecule has 2 aliphatic heterocycles. The molecule has 1 atom stereocenters. The van der Waals surface area contributed by atoms with Crippen molar-refractivity contribution in [3.63, 3.8) is 0 Å². The van der Waals surface area contributed by atoms with E-state index < -0.39 is 16.1 Å². The van der Waals surface area contributed by atoms with Gasteiger partial charge in [-0.25, -0.2) is 8.42 Å². The number of rotatable bonds is 7. The predicted octanol–water partition coefficient (Wildman–Crippen LogP) is 2.13. The fourth-order valence-electron chi connectivity index (χ4n) is 3.85. The van der Waals surface area contributed by atoms with E-state index in [-0.39, 0.29) is 28.6 Å². The molecular weight excluding hydrogens is 388 g/mol. The number of piperidine rings is 1. The van der Waals surface area contributed by atoms with E-state index in [2.05, 4.69) is 26.9 Å². The van der Waals surface area contributed by atoms with Crippen LogP contribution in [0, 0.1) is 5.92 Å². The van der Waals surface area contributed by atoms with Crippen LogP contribution in [0.4, 0.5) is 0 Å². The van der Waals surface area contributed by atoms with Crippen LogP contribution in [-0.4, -0.2) is 56.8 Å². The van der Waals surface area contributed by atoms with Gasteiger partial charge in [-0.3, -0.25) is 14.5 Å². The average Bonchev–Trinajstić information content (AvgIpc) is 2.95. The second-order valence-electron chi connectivity index (χ2n) is 8.25. The summed E-state index contributed by atoms with van der Waals surface area (Å²) in [7, 11) is -3.61. The summed E-state index contributed by atoms with van der Waals surface area (Å²) in [5, 5.41) is 3.15. The third-order valence-electron chi connectivity index (χ3n) is 5.59. The molecule has 7 nitrogen and oxygen atoms in total. The van der Waals surface area contributed by atoms with Crippen molar-refractivity contribution in [3.05, 3.63) is 29.8 Å². The third-order valence-corrected chi connectivity index (χ3v) is 6.99. The Morgan fingerprint density at radius 1 is 1.28 bits per heavy atom.